The third-order valence-electron chi connectivity index (χ3n) is 3.47. The summed E-state index contributed by atoms with van der Waals surface area (Å²) in [4.78, 5) is 4.04. The molecule has 22 heavy (non-hydrogen) atoms. The number of ether oxygens (including phenoxy) is 1. The second-order valence-corrected chi connectivity index (χ2v) is 4.93. The number of rotatable bonds is 4. The highest BCUT2D eigenvalue weighted by Gasteiger charge is 2.15. The standard InChI is InChI=1S/C16H15F2N3O/c1-3-22-11-6-14(17)13(15(18)7-11)9-21-16-4-5-19-8-12(16)10(2)20-21/h4-8H,3,9H2,1-2H3. The molecule has 0 aliphatic rings. The van der Waals surface area contributed by atoms with Crippen LogP contribution in [0.5, 0.6) is 5.75 Å². The number of fused-ring (bicyclic) bond motifs is 1. The van der Waals surface area contributed by atoms with Crippen LogP contribution < -0.4 is 4.74 Å². The van der Waals surface area contributed by atoms with Gasteiger partial charge in [-0.15, -0.1) is 0 Å². The molecule has 2 aromatic heterocycles. The molecule has 0 fully saturated rings. The maximum atomic E-state index is 14.2. The van der Waals surface area contributed by atoms with Crippen LogP contribution in [-0.4, -0.2) is 21.4 Å². The van der Waals surface area contributed by atoms with Gasteiger partial charge in [-0.2, -0.15) is 5.10 Å². The quantitative estimate of drug-likeness (QED) is 0.741. The van der Waals surface area contributed by atoms with Crippen molar-refractivity contribution in [1.82, 2.24) is 14.8 Å². The molecule has 3 rings (SSSR count). The Morgan fingerprint density at radius 2 is 1.95 bits per heavy atom. The topological polar surface area (TPSA) is 39.9 Å². The van der Waals surface area contributed by atoms with E-state index in [0.717, 1.165) is 16.6 Å². The van der Waals surface area contributed by atoms with E-state index in [2.05, 4.69) is 10.1 Å². The van der Waals surface area contributed by atoms with Crippen molar-refractivity contribution in [1.29, 1.82) is 0 Å². The number of pyridine rings is 1. The van der Waals surface area contributed by atoms with E-state index in [0.29, 0.717) is 6.61 Å². The molecular weight excluding hydrogens is 288 g/mol. The van der Waals surface area contributed by atoms with E-state index in [4.69, 9.17) is 4.74 Å². The number of aryl methyl sites for hydroxylation is 1. The maximum Gasteiger partial charge on any atom is 0.134 e. The van der Waals surface area contributed by atoms with Gasteiger partial charge >= 0.3 is 0 Å². The summed E-state index contributed by atoms with van der Waals surface area (Å²) >= 11 is 0. The Labute approximate surface area is 126 Å². The minimum atomic E-state index is -0.640. The first-order valence-electron chi connectivity index (χ1n) is 6.98. The molecule has 0 atom stereocenters. The average molecular weight is 303 g/mol. The van der Waals surface area contributed by atoms with Crippen molar-refractivity contribution in [3.05, 3.63) is 53.5 Å². The third-order valence-corrected chi connectivity index (χ3v) is 3.47. The predicted octanol–water partition coefficient (Wildman–Crippen LogP) is 3.46. The van der Waals surface area contributed by atoms with Crippen LogP contribution in [0.3, 0.4) is 0 Å². The minimum Gasteiger partial charge on any atom is -0.494 e. The number of nitrogens with zero attached hydrogens (tertiary/aromatic N) is 3. The molecule has 3 aromatic rings. The van der Waals surface area contributed by atoms with Gasteiger partial charge in [-0.25, -0.2) is 8.78 Å². The van der Waals surface area contributed by atoms with Gasteiger partial charge in [0.1, 0.15) is 17.4 Å². The Bertz CT molecular complexity index is 806. The molecule has 1 aromatic carbocycles. The van der Waals surface area contributed by atoms with Crippen LogP contribution >= 0.6 is 0 Å². The number of hydrogen-bond donors (Lipinski definition) is 0. The Kier molecular flexibility index (Phi) is 3.75. The van der Waals surface area contributed by atoms with Gasteiger partial charge < -0.3 is 4.74 Å². The lowest BCUT2D eigenvalue weighted by Crippen LogP contribution is -2.07. The van der Waals surface area contributed by atoms with Crippen LogP contribution in [0, 0.1) is 18.6 Å². The lowest BCUT2D eigenvalue weighted by atomic mass is 10.2. The van der Waals surface area contributed by atoms with Crippen LogP contribution in [0.4, 0.5) is 8.78 Å². The summed E-state index contributed by atoms with van der Waals surface area (Å²) in [5, 5.41) is 5.21. The summed E-state index contributed by atoms with van der Waals surface area (Å²) in [6.45, 7) is 3.97. The summed E-state index contributed by atoms with van der Waals surface area (Å²) in [6, 6.07) is 4.17. The first-order chi connectivity index (χ1) is 10.6. The zero-order valence-corrected chi connectivity index (χ0v) is 12.3. The molecule has 0 spiro atoms. The van der Waals surface area contributed by atoms with Gasteiger partial charge in [-0.3, -0.25) is 9.67 Å². The molecular formula is C16H15F2N3O. The van der Waals surface area contributed by atoms with E-state index in [1.165, 1.54) is 12.1 Å². The SMILES string of the molecule is CCOc1cc(F)c(Cn2nc(C)c3cnccc32)c(F)c1. The van der Waals surface area contributed by atoms with Crippen LogP contribution in [0.25, 0.3) is 10.9 Å². The normalized spacial score (nSPS) is 11.1. The smallest absolute Gasteiger partial charge is 0.134 e. The first-order valence-corrected chi connectivity index (χ1v) is 6.98. The molecule has 0 unspecified atom stereocenters. The largest absolute Gasteiger partial charge is 0.494 e. The average Bonchev–Trinajstić information content (AvgIpc) is 2.80. The molecule has 0 N–H and O–H groups in total. The van der Waals surface area contributed by atoms with E-state index in [-0.39, 0.29) is 17.9 Å². The number of halogens is 2. The van der Waals surface area contributed by atoms with Crippen molar-refractivity contribution in [3.8, 4) is 5.75 Å². The first kappa shape index (κ1) is 14.4. The lowest BCUT2D eigenvalue weighted by molar-refractivity contribution is 0.335. The fourth-order valence-electron chi connectivity index (χ4n) is 2.43. The Morgan fingerprint density at radius 1 is 1.23 bits per heavy atom. The fraction of sp³-hybridized carbons (Fsp3) is 0.250. The summed E-state index contributed by atoms with van der Waals surface area (Å²) in [5.41, 5.74) is 1.53. The Balaban J connectivity index is 2.02. The number of benzene rings is 1. The summed E-state index contributed by atoms with van der Waals surface area (Å²) in [6.07, 6.45) is 3.32. The highest BCUT2D eigenvalue weighted by Crippen LogP contribution is 2.23. The van der Waals surface area contributed by atoms with Gasteiger partial charge in [0.2, 0.25) is 0 Å². The van der Waals surface area contributed by atoms with Crippen molar-refractivity contribution in [2.45, 2.75) is 20.4 Å². The van der Waals surface area contributed by atoms with Crippen LogP contribution in [0.15, 0.2) is 30.6 Å². The van der Waals surface area contributed by atoms with Crippen LogP contribution in [0.2, 0.25) is 0 Å². The van der Waals surface area contributed by atoms with Crippen LogP contribution in [-0.2, 0) is 6.54 Å². The second kappa shape index (κ2) is 5.71. The molecule has 0 aliphatic carbocycles. The molecule has 0 radical (unpaired) electrons. The van der Waals surface area contributed by atoms with Crippen molar-refractivity contribution in [3.63, 3.8) is 0 Å². The molecule has 4 nitrogen and oxygen atoms in total. The van der Waals surface area contributed by atoms with Gasteiger partial charge in [0.15, 0.2) is 0 Å². The number of hydrogen-bond acceptors (Lipinski definition) is 3. The highest BCUT2D eigenvalue weighted by molar-refractivity contribution is 5.80. The van der Waals surface area contributed by atoms with E-state index in [9.17, 15) is 8.78 Å². The van der Waals surface area contributed by atoms with Gasteiger partial charge in [-0.1, -0.05) is 0 Å². The van der Waals surface area contributed by atoms with E-state index in [1.807, 2.05) is 6.92 Å². The Morgan fingerprint density at radius 3 is 2.64 bits per heavy atom. The van der Waals surface area contributed by atoms with Crippen molar-refractivity contribution in [2.24, 2.45) is 0 Å². The van der Waals surface area contributed by atoms with Gasteiger partial charge in [0, 0.05) is 35.5 Å². The zero-order chi connectivity index (χ0) is 15.7. The highest BCUT2D eigenvalue weighted by atomic mass is 19.1. The predicted molar refractivity (Wildman–Crippen MR) is 78.9 cm³/mol. The molecule has 0 saturated carbocycles. The van der Waals surface area contributed by atoms with E-state index in [1.54, 1.807) is 30.1 Å². The number of aromatic nitrogens is 3. The second-order valence-electron chi connectivity index (χ2n) is 4.93. The molecule has 2 heterocycles. The molecule has 0 saturated heterocycles. The monoisotopic (exact) mass is 303 g/mol. The van der Waals surface area contributed by atoms with Gasteiger partial charge in [-0.05, 0) is 19.9 Å². The van der Waals surface area contributed by atoms with Crippen molar-refractivity contribution >= 4 is 10.9 Å². The molecule has 6 heteroatoms. The summed E-state index contributed by atoms with van der Waals surface area (Å²) in [7, 11) is 0. The van der Waals surface area contributed by atoms with Gasteiger partial charge in [0.25, 0.3) is 0 Å². The molecule has 114 valence electrons. The summed E-state index contributed by atoms with van der Waals surface area (Å²) < 4.78 is 35.0. The zero-order valence-electron chi connectivity index (χ0n) is 12.3. The lowest BCUT2D eigenvalue weighted by Gasteiger charge is -2.09. The minimum absolute atomic E-state index is 0.0123. The maximum absolute atomic E-state index is 14.2. The fourth-order valence-corrected chi connectivity index (χ4v) is 2.43. The summed E-state index contributed by atoms with van der Waals surface area (Å²) in [5.74, 6) is -1.09. The molecule has 0 aliphatic heterocycles. The van der Waals surface area contributed by atoms with E-state index >= 15 is 0 Å². The van der Waals surface area contributed by atoms with Crippen LogP contribution in [0.1, 0.15) is 18.2 Å². The Hall–Kier alpha value is -2.50. The van der Waals surface area contributed by atoms with Crippen molar-refractivity contribution < 1.29 is 13.5 Å². The molecule has 0 bridgehead atoms. The van der Waals surface area contributed by atoms with Gasteiger partial charge in [0.05, 0.1) is 24.4 Å². The molecule has 0 amide bonds. The third kappa shape index (κ3) is 2.52. The van der Waals surface area contributed by atoms with Crippen molar-refractivity contribution in [2.75, 3.05) is 6.61 Å². The van der Waals surface area contributed by atoms with E-state index < -0.39 is 11.6 Å².